The van der Waals surface area contributed by atoms with E-state index in [-0.39, 0.29) is 6.17 Å². The third-order valence-electron chi connectivity index (χ3n) is 1.81. The van der Waals surface area contributed by atoms with Crippen molar-refractivity contribution in [3.05, 3.63) is 4.91 Å². The highest BCUT2D eigenvalue weighted by atomic mass is 16.3. The minimum Gasteiger partial charge on any atom is -0.299 e. The van der Waals surface area contributed by atoms with Crippen LogP contribution in [0.5, 0.6) is 0 Å². The number of nitrogens with one attached hydrogen (secondary N) is 1. The van der Waals surface area contributed by atoms with Gasteiger partial charge in [-0.3, -0.25) is 10.2 Å². The number of piperazine rings is 1. The Morgan fingerprint density at radius 3 is 3.20 bits per heavy atom. The Balaban J connectivity index is 2.31. The highest BCUT2D eigenvalue weighted by molar-refractivity contribution is 4.74. The molecule has 1 heterocycles. The molecule has 0 radical (unpaired) electrons. The zero-order valence-electron chi connectivity index (χ0n) is 6.21. The van der Waals surface area contributed by atoms with Crippen LogP contribution in [-0.4, -0.2) is 37.2 Å². The minimum absolute atomic E-state index is 0.186. The summed E-state index contributed by atoms with van der Waals surface area (Å²) in [6.45, 7) is 5.77. The van der Waals surface area contributed by atoms with E-state index in [2.05, 4.69) is 22.3 Å². The molecular formula is C6H13N3O. The fraction of sp³-hybridized carbons (Fsp3) is 1.00. The molecule has 0 aliphatic carbocycles. The zero-order valence-corrected chi connectivity index (χ0v) is 6.21. The normalized spacial score (nSPS) is 28.3. The third kappa shape index (κ3) is 1.75. The van der Waals surface area contributed by atoms with E-state index in [0.717, 1.165) is 26.2 Å². The molecule has 0 amide bonds. The third-order valence-corrected chi connectivity index (χ3v) is 1.81. The van der Waals surface area contributed by atoms with E-state index in [9.17, 15) is 4.91 Å². The van der Waals surface area contributed by atoms with Gasteiger partial charge in [0.1, 0.15) is 0 Å². The average Bonchev–Trinajstić information content (AvgIpc) is 2.05. The van der Waals surface area contributed by atoms with Crippen LogP contribution in [-0.2, 0) is 0 Å². The molecule has 0 saturated carbocycles. The van der Waals surface area contributed by atoms with Gasteiger partial charge in [0.05, 0.1) is 0 Å². The van der Waals surface area contributed by atoms with E-state index in [1.165, 1.54) is 0 Å². The summed E-state index contributed by atoms with van der Waals surface area (Å²) in [7, 11) is 0. The van der Waals surface area contributed by atoms with Crippen molar-refractivity contribution >= 4 is 0 Å². The summed E-state index contributed by atoms with van der Waals surface area (Å²) in [5.41, 5.74) is 0. The Kier molecular flexibility index (Phi) is 2.77. The van der Waals surface area contributed by atoms with Crippen LogP contribution in [0.4, 0.5) is 0 Å². The van der Waals surface area contributed by atoms with Crippen molar-refractivity contribution < 1.29 is 0 Å². The van der Waals surface area contributed by atoms with Crippen LogP contribution in [0.15, 0.2) is 5.18 Å². The first-order valence-corrected chi connectivity index (χ1v) is 3.65. The lowest BCUT2D eigenvalue weighted by Crippen LogP contribution is -2.49. The van der Waals surface area contributed by atoms with Gasteiger partial charge in [0, 0.05) is 19.6 Å². The summed E-state index contributed by atoms with van der Waals surface area (Å²) in [6.07, 6.45) is -0.186. The second-order valence-corrected chi connectivity index (χ2v) is 2.47. The number of nitrogens with zero attached hydrogens (tertiary/aromatic N) is 2. The Labute approximate surface area is 60.6 Å². The number of hydrogen-bond acceptors (Lipinski definition) is 4. The molecule has 1 aliphatic heterocycles. The number of rotatable bonds is 2. The fourth-order valence-electron chi connectivity index (χ4n) is 1.15. The van der Waals surface area contributed by atoms with Gasteiger partial charge in [0.25, 0.3) is 0 Å². The quantitative estimate of drug-likeness (QED) is 0.553. The summed E-state index contributed by atoms with van der Waals surface area (Å²) in [6, 6.07) is 0. The highest BCUT2D eigenvalue weighted by Gasteiger charge is 2.17. The second kappa shape index (κ2) is 3.63. The predicted molar refractivity (Wildman–Crippen MR) is 39.7 cm³/mol. The van der Waals surface area contributed by atoms with Crippen molar-refractivity contribution in [3.8, 4) is 0 Å². The predicted octanol–water partition coefficient (Wildman–Crippen LogP) is 0.00400. The van der Waals surface area contributed by atoms with Crippen LogP contribution >= 0.6 is 0 Å². The average molecular weight is 143 g/mol. The monoisotopic (exact) mass is 143 g/mol. The first-order chi connectivity index (χ1) is 4.86. The Morgan fingerprint density at radius 2 is 2.60 bits per heavy atom. The van der Waals surface area contributed by atoms with Gasteiger partial charge >= 0.3 is 0 Å². The molecule has 1 fully saturated rings. The van der Waals surface area contributed by atoms with E-state index < -0.39 is 0 Å². The molecule has 0 spiro atoms. The van der Waals surface area contributed by atoms with Crippen molar-refractivity contribution in [3.63, 3.8) is 0 Å². The molecule has 0 aromatic carbocycles. The molecule has 1 rings (SSSR count). The topological polar surface area (TPSA) is 44.7 Å². The lowest BCUT2D eigenvalue weighted by atomic mass is 10.3. The van der Waals surface area contributed by atoms with Gasteiger partial charge in [0.2, 0.25) is 0 Å². The SMILES string of the molecule is CCN1CCNC(N=O)C1. The summed E-state index contributed by atoms with van der Waals surface area (Å²) < 4.78 is 0. The molecule has 0 aromatic heterocycles. The van der Waals surface area contributed by atoms with Crippen molar-refractivity contribution in [1.29, 1.82) is 0 Å². The molecule has 1 unspecified atom stereocenters. The Bertz CT molecular complexity index is 118. The molecule has 4 heteroatoms. The van der Waals surface area contributed by atoms with Gasteiger partial charge in [0.15, 0.2) is 6.17 Å². The van der Waals surface area contributed by atoms with E-state index in [1.807, 2.05) is 0 Å². The van der Waals surface area contributed by atoms with Gasteiger partial charge in [-0.25, -0.2) is 0 Å². The molecule has 0 bridgehead atoms. The van der Waals surface area contributed by atoms with Crippen LogP contribution in [0.2, 0.25) is 0 Å². The maximum Gasteiger partial charge on any atom is 0.155 e. The summed E-state index contributed by atoms with van der Waals surface area (Å²) >= 11 is 0. The molecule has 1 aliphatic rings. The standard InChI is InChI=1S/C6H13N3O/c1-2-9-4-3-7-6(5-9)8-10/h6-7H,2-5H2,1H3. The molecule has 58 valence electrons. The van der Waals surface area contributed by atoms with E-state index in [0.29, 0.717) is 0 Å². The van der Waals surface area contributed by atoms with Gasteiger partial charge < -0.3 is 0 Å². The van der Waals surface area contributed by atoms with Crippen LogP contribution in [0, 0.1) is 4.91 Å². The van der Waals surface area contributed by atoms with Crippen LogP contribution in [0.25, 0.3) is 0 Å². The first kappa shape index (κ1) is 7.63. The maximum atomic E-state index is 10.1. The van der Waals surface area contributed by atoms with Crippen molar-refractivity contribution in [2.24, 2.45) is 5.18 Å². The highest BCUT2D eigenvalue weighted by Crippen LogP contribution is 1.98. The number of hydrogen-bond donors (Lipinski definition) is 1. The second-order valence-electron chi connectivity index (χ2n) is 2.47. The Hall–Kier alpha value is -0.480. The van der Waals surface area contributed by atoms with Crippen LogP contribution < -0.4 is 5.32 Å². The minimum atomic E-state index is -0.186. The van der Waals surface area contributed by atoms with Crippen LogP contribution in [0.3, 0.4) is 0 Å². The van der Waals surface area contributed by atoms with Gasteiger partial charge in [-0.2, -0.15) is 0 Å². The summed E-state index contributed by atoms with van der Waals surface area (Å²) in [4.78, 5) is 12.3. The van der Waals surface area contributed by atoms with E-state index >= 15 is 0 Å². The van der Waals surface area contributed by atoms with Crippen molar-refractivity contribution in [1.82, 2.24) is 10.2 Å². The molecular weight excluding hydrogens is 130 g/mol. The first-order valence-electron chi connectivity index (χ1n) is 3.65. The van der Waals surface area contributed by atoms with Crippen LogP contribution in [0.1, 0.15) is 6.92 Å². The molecule has 1 atom stereocenters. The molecule has 1 N–H and O–H groups in total. The molecule has 4 nitrogen and oxygen atoms in total. The van der Waals surface area contributed by atoms with Gasteiger partial charge in [-0.1, -0.05) is 6.92 Å². The smallest absolute Gasteiger partial charge is 0.155 e. The van der Waals surface area contributed by atoms with Crippen molar-refractivity contribution in [2.45, 2.75) is 13.1 Å². The lowest BCUT2D eigenvalue weighted by Gasteiger charge is -2.28. The van der Waals surface area contributed by atoms with Gasteiger partial charge in [-0.15, -0.1) is 4.91 Å². The van der Waals surface area contributed by atoms with Crippen molar-refractivity contribution in [2.75, 3.05) is 26.2 Å². The summed E-state index contributed by atoms with van der Waals surface area (Å²) in [5.74, 6) is 0. The Morgan fingerprint density at radius 1 is 1.80 bits per heavy atom. The number of nitroso groups, excluding NO2 is 1. The maximum absolute atomic E-state index is 10.1. The summed E-state index contributed by atoms with van der Waals surface area (Å²) in [5, 5.41) is 5.96. The lowest BCUT2D eigenvalue weighted by molar-refractivity contribution is 0.212. The zero-order chi connectivity index (χ0) is 7.40. The van der Waals surface area contributed by atoms with E-state index in [4.69, 9.17) is 0 Å². The largest absolute Gasteiger partial charge is 0.299 e. The van der Waals surface area contributed by atoms with Gasteiger partial charge in [-0.05, 0) is 11.7 Å². The molecule has 10 heavy (non-hydrogen) atoms. The number of likely N-dealkylation sites (N-methyl/N-ethyl adjacent to an activating group) is 1. The molecule has 1 saturated heterocycles. The fourth-order valence-corrected chi connectivity index (χ4v) is 1.15. The molecule has 0 aromatic rings. The van der Waals surface area contributed by atoms with E-state index in [1.54, 1.807) is 0 Å².